The molecule has 0 saturated heterocycles. The maximum Gasteiger partial charge on any atom is 0.310 e. The van der Waals surface area contributed by atoms with Crippen LogP contribution in [0.1, 0.15) is 18.9 Å². The molecule has 3 nitrogen and oxygen atoms in total. The van der Waals surface area contributed by atoms with Crippen molar-refractivity contribution in [2.75, 3.05) is 7.11 Å². The van der Waals surface area contributed by atoms with Crippen molar-refractivity contribution >= 4 is 29.3 Å². The Morgan fingerprint density at radius 3 is 1.64 bits per heavy atom. The van der Waals surface area contributed by atoms with Crippen LogP contribution in [-0.4, -0.2) is 13.1 Å². The van der Waals surface area contributed by atoms with Crippen molar-refractivity contribution in [3.63, 3.8) is 0 Å². The molecule has 0 aliphatic rings. The summed E-state index contributed by atoms with van der Waals surface area (Å²) in [5, 5.41) is 2.01. The van der Waals surface area contributed by atoms with E-state index in [1.807, 2.05) is 97.9 Å². The van der Waals surface area contributed by atoms with Gasteiger partial charge in [-0.25, -0.2) is 0 Å². The Morgan fingerprint density at radius 1 is 0.786 bits per heavy atom. The van der Waals surface area contributed by atoms with Crippen molar-refractivity contribution < 1.29 is 14.1 Å². The first kappa shape index (κ1) is 19.9. The van der Waals surface area contributed by atoms with Gasteiger partial charge in [-0.15, -0.1) is 0 Å². The van der Waals surface area contributed by atoms with Gasteiger partial charge in [-0.2, -0.15) is 0 Å². The predicted octanol–water partition coefficient (Wildman–Crippen LogP) is 4.99. The fourth-order valence-corrected chi connectivity index (χ4v) is 6.34. The zero-order chi connectivity index (χ0) is 20.0. The van der Waals surface area contributed by atoms with E-state index in [4.69, 9.17) is 4.74 Å². The van der Waals surface area contributed by atoms with Gasteiger partial charge < -0.3 is 9.30 Å². The topological polar surface area (TPSA) is 43.4 Å². The average Bonchev–Trinajstić information content (AvgIpc) is 2.78. The molecule has 142 valence electrons. The molecule has 0 aliphatic carbocycles. The summed E-state index contributed by atoms with van der Waals surface area (Å²) >= 11 is 0. The quantitative estimate of drug-likeness (QED) is 0.440. The molecule has 0 N–H and O–H groups in total. The van der Waals surface area contributed by atoms with Gasteiger partial charge >= 0.3 is 5.97 Å². The number of ether oxygens (including phenoxy) is 1. The summed E-state index contributed by atoms with van der Waals surface area (Å²) in [7, 11) is -1.89. The fraction of sp³-hybridized carbons (Fsp3) is 0.125. The van der Waals surface area contributed by atoms with Crippen LogP contribution in [0.5, 0.6) is 0 Å². The largest absolute Gasteiger partial charge is 0.469 e. The predicted molar refractivity (Wildman–Crippen MR) is 115 cm³/mol. The molecule has 0 unspecified atom stereocenters. The van der Waals surface area contributed by atoms with Crippen molar-refractivity contribution in [3.8, 4) is 0 Å². The van der Waals surface area contributed by atoms with Gasteiger partial charge in [0.1, 0.15) is 0 Å². The number of allylic oxidation sites excluding steroid dienone is 1. The van der Waals surface area contributed by atoms with Crippen molar-refractivity contribution in [1.82, 2.24) is 0 Å². The monoisotopic (exact) mass is 390 g/mol. The van der Waals surface area contributed by atoms with Crippen LogP contribution in [0, 0.1) is 0 Å². The molecule has 3 rings (SSSR count). The minimum absolute atomic E-state index is 0.0295. The van der Waals surface area contributed by atoms with Crippen LogP contribution in [0.25, 0.3) is 5.57 Å². The number of rotatable bonds is 6. The highest BCUT2D eigenvalue weighted by molar-refractivity contribution is 7.82. The van der Waals surface area contributed by atoms with E-state index in [2.05, 4.69) is 0 Å². The maximum atomic E-state index is 14.7. The van der Waals surface area contributed by atoms with Gasteiger partial charge in [-0.05, 0) is 18.1 Å². The molecule has 0 amide bonds. The number of methoxy groups -OCH3 is 1. The first-order valence-corrected chi connectivity index (χ1v) is 10.8. The van der Waals surface area contributed by atoms with E-state index in [9.17, 15) is 9.36 Å². The van der Waals surface area contributed by atoms with Crippen LogP contribution in [0.2, 0.25) is 0 Å². The molecule has 0 spiro atoms. The number of carbonyl (C=O) groups is 1. The van der Waals surface area contributed by atoms with Crippen LogP contribution in [-0.2, 0) is 14.1 Å². The van der Waals surface area contributed by atoms with Crippen molar-refractivity contribution in [3.05, 3.63) is 102 Å². The van der Waals surface area contributed by atoms with E-state index in [0.29, 0.717) is 15.9 Å². The summed E-state index contributed by atoms with van der Waals surface area (Å²) in [5.74, 6) is -0.405. The number of benzene rings is 3. The van der Waals surface area contributed by atoms with E-state index < -0.39 is 13.1 Å². The van der Waals surface area contributed by atoms with Crippen LogP contribution < -0.4 is 10.6 Å². The molecule has 0 fully saturated rings. The van der Waals surface area contributed by atoms with Crippen molar-refractivity contribution in [2.24, 2.45) is 0 Å². The van der Waals surface area contributed by atoms with E-state index in [-0.39, 0.29) is 6.42 Å². The minimum Gasteiger partial charge on any atom is -0.469 e. The molecule has 0 radical (unpaired) electrons. The number of hydrogen-bond acceptors (Lipinski definition) is 3. The lowest BCUT2D eigenvalue weighted by atomic mass is 10.1. The first-order chi connectivity index (χ1) is 13.6. The zero-order valence-corrected chi connectivity index (χ0v) is 16.9. The Kier molecular flexibility index (Phi) is 6.28. The lowest BCUT2D eigenvalue weighted by Gasteiger charge is -2.24. The first-order valence-electron chi connectivity index (χ1n) is 9.11. The van der Waals surface area contributed by atoms with Gasteiger partial charge in [-0.1, -0.05) is 91.0 Å². The molecule has 0 bridgehead atoms. The fourth-order valence-electron chi connectivity index (χ4n) is 3.28. The SMILES string of the molecule is COC(=O)C/C(=C(/C)c1ccccc1)P(=O)(c1ccccc1)c1ccccc1. The highest BCUT2D eigenvalue weighted by Crippen LogP contribution is 2.55. The van der Waals surface area contributed by atoms with Crippen LogP contribution in [0.3, 0.4) is 0 Å². The van der Waals surface area contributed by atoms with Gasteiger partial charge in [0.15, 0.2) is 7.14 Å². The van der Waals surface area contributed by atoms with E-state index in [1.165, 1.54) is 7.11 Å². The second-order valence-electron chi connectivity index (χ2n) is 6.47. The summed E-state index contributed by atoms with van der Waals surface area (Å²) in [4.78, 5) is 12.3. The molecule has 0 heterocycles. The highest BCUT2D eigenvalue weighted by Gasteiger charge is 2.34. The Labute approximate surface area is 166 Å². The highest BCUT2D eigenvalue weighted by atomic mass is 31.2. The molecule has 28 heavy (non-hydrogen) atoms. The van der Waals surface area contributed by atoms with Crippen molar-refractivity contribution in [1.29, 1.82) is 0 Å². The van der Waals surface area contributed by atoms with Gasteiger partial charge in [0.2, 0.25) is 0 Å². The van der Waals surface area contributed by atoms with Crippen LogP contribution >= 0.6 is 7.14 Å². The number of carbonyl (C=O) groups excluding carboxylic acids is 1. The molecular formula is C24H23O3P. The van der Waals surface area contributed by atoms with E-state index in [1.54, 1.807) is 0 Å². The second kappa shape index (κ2) is 8.86. The van der Waals surface area contributed by atoms with Gasteiger partial charge in [0, 0.05) is 15.9 Å². The van der Waals surface area contributed by atoms with Crippen molar-refractivity contribution in [2.45, 2.75) is 13.3 Å². The average molecular weight is 390 g/mol. The Balaban J connectivity index is 2.32. The standard InChI is InChI=1S/C24H23O3P/c1-19(20-12-6-3-7-13-20)23(18-24(25)27-2)28(26,21-14-8-4-9-15-21)22-16-10-5-11-17-22/h3-17H,18H2,1-2H3/b23-19+. The summed E-state index contributed by atoms with van der Waals surface area (Å²) in [6.45, 7) is 1.92. The third-order valence-electron chi connectivity index (χ3n) is 4.80. The summed E-state index contributed by atoms with van der Waals surface area (Å²) in [5.41, 5.74) is 1.77. The number of hydrogen-bond donors (Lipinski definition) is 0. The Hall–Kier alpha value is -2.90. The van der Waals surface area contributed by atoms with Crippen LogP contribution in [0.15, 0.2) is 96.3 Å². The van der Waals surface area contributed by atoms with Gasteiger partial charge in [-0.3, -0.25) is 4.79 Å². The lowest BCUT2D eigenvalue weighted by Crippen LogP contribution is -2.20. The zero-order valence-electron chi connectivity index (χ0n) is 16.0. The van der Waals surface area contributed by atoms with E-state index in [0.717, 1.165) is 11.1 Å². The third-order valence-corrected chi connectivity index (χ3v) is 8.10. The van der Waals surface area contributed by atoms with Crippen LogP contribution in [0.4, 0.5) is 0 Å². The smallest absolute Gasteiger partial charge is 0.310 e. The molecule has 0 aliphatic heterocycles. The molecule has 0 saturated carbocycles. The molecule has 3 aromatic carbocycles. The molecule has 0 aromatic heterocycles. The summed E-state index contributed by atoms with van der Waals surface area (Å²) < 4.78 is 19.7. The normalized spacial score (nSPS) is 12.2. The summed E-state index contributed by atoms with van der Waals surface area (Å²) in [6.07, 6.45) is -0.0295. The molecule has 3 aromatic rings. The Morgan fingerprint density at radius 2 is 1.21 bits per heavy atom. The third kappa shape index (κ3) is 4.00. The summed E-state index contributed by atoms with van der Waals surface area (Å²) in [6, 6.07) is 28.5. The Bertz CT molecular complexity index is 966. The maximum absolute atomic E-state index is 14.7. The van der Waals surface area contributed by atoms with Gasteiger partial charge in [0.05, 0.1) is 13.5 Å². The lowest BCUT2D eigenvalue weighted by molar-refractivity contribution is -0.139. The molecule has 4 heteroatoms. The molecule has 0 atom stereocenters. The minimum atomic E-state index is -3.24. The second-order valence-corrected chi connectivity index (χ2v) is 9.26. The number of esters is 1. The van der Waals surface area contributed by atoms with Gasteiger partial charge in [0.25, 0.3) is 0 Å². The van der Waals surface area contributed by atoms with E-state index >= 15 is 0 Å². The molecular weight excluding hydrogens is 367 g/mol.